The van der Waals surface area contributed by atoms with Gasteiger partial charge in [-0.15, -0.1) is 0 Å². The van der Waals surface area contributed by atoms with Crippen LogP contribution in [0.25, 0.3) is 11.6 Å². The van der Waals surface area contributed by atoms with Gasteiger partial charge < -0.3 is 9.42 Å². The van der Waals surface area contributed by atoms with Crippen LogP contribution in [0, 0.1) is 0 Å². The molecule has 1 aliphatic rings. The van der Waals surface area contributed by atoms with Gasteiger partial charge >= 0.3 is 0 Å². The van der Waals surface area contributed by atoms with Crippen LogP contribution in [0.5, 0.6) is 0 Å². The highest BCUT2D eigenvalue weighted by Crippen LogP contribution is 2.29. The Bertz CT molecular complexity index is 939. The molecule has 138 valence electrons. The molecule has 1 aromatic carbocycles. The molecule has 0 bridgehead atoms. The van der Waals surface area contributed by atoms with E-state index >= 15 is 0 Å². The zero-order valence-electron chi connectivity index (χ0n) is 15.6. The van der Waals surface area contributed by atoms with E-state index in [1.165, 1.54) is 5.56 Å². The van der Waals surface area contributed by atoms with Gasteiger partial charge in [0, 0.05) is 31.0 Å². The van der Waals surface area contributed by atoms with Gasteiger partial charge in [0.25, 0.3) is 5.91 Å². The molecule has 7 heteroatoms. The van der Waals surface area contributed by atoms with E-state index in [0.29, 0.717) is 36.2 Å². The lowest BCUT2D eigenvalue weighted by Crippen LogP contribution is -2.48. The van der Waals surface area contributed by atoms with Gasteiger partial charge in [0.05, 0.1) is 5.92 Å². The highest BCUT2D eigenvalue weighted by Gasteiger charge is 2.36. The molecule has 1 fully saturated rings. The van der Waals surface area contributed by atoms with Crippen LogP contribution in [0.15, 0.2) is 47.2 Å². The summed E-state index contributed by atoms with van der Waals surface area (Å²) >= 11 is 0. The number of hydrogen-bond acceptors (Lipinski definition) is 6. The molecule has 0 N–H and O–H groups in total. The van der Waals surface area contributed by atoms with Crippen LogP contribution in [0.1, 0.15) is 48.5 Å². The largest absolute Gasteiger partial charge is 0.338 e. The molecule has 0 atom stereocenters. The summed E-state index contributed by atoms with van der Waals surface area (Å²) in [4.78, 5) is 27.0. The Morgan fingerprint density at radius 1 is 1.07 bits per heavy atom. The van der Waals surface area contributed by atoms with E-state index < -0.39 is 0 Å². The van der Waals surface area contributed by atoms with E-state index in [2.05, 4.69) is 40.9 Å². The van der Waals surface area contributed by atoms with Gasteiger partial charge in [-0.2, -0.15) is 4.98 Å². The van der Waals surface area contributed by atoms with Crippen molar-refractivity contribution >= 4 is 5.91 Å². The van der Waals surface area contributed by atoms with Crippen LogP contribution >= 0.6 is 0 Å². The number of benzene rings is 1. The number of rotatable bonds is 3. The SMILES string of the molecule is CC(C)(C)c1ccc(C(=O)N2CC(c3nc(-c4ncccn4)no3)C2)cc1. The maximum atomic E-state index is 12.6. The maximum Gasteiger partial charge on any atom is 0.253 e. The summed E-state index contributed by atoms with van der Waals surface area (Å²) in [5.74, 6) is 1.39. The van der Waals surface area contributed by atoms with Crippen LogP contribution in [0.3, 0.4) is 0 Å². The van der Waals surface area contributed by atoms with E-state index in [4.69, 9.17) is 4.52 Å². The van der Waals surface area contributed by atoms with Crippen LogP contribution in [0.2, 0.25) is 0 Å². The minimum absolute atomic E-state index is 0.0258. The second-order valence-electron chi connectivity index (χ2n) is 7.76. The lowest BCUT2D eigenvalue weighted by atomic mass is 9.86. The second-order valence-corrected chi connectivity index (χ2v) is 7.76. The van der Waals surface area contributed by atoms with Crippen molar-refractivity contribution < 1.29 is 9.32 Å². The Hall–Kier alpha value is -3.09. The quantitative estimate of drug-likeness (QED) is 0.711. The van der Waals surface area contributed by atoms with Crippen molar-refractivity contribution in [3.63, 3.8) is 0 Å². The predicted molar refractivity (Wildman–Crippen MR) is 99.1 cm³/mol. The summed E-state index contributed by atoms with van der Waals surface area (Å²) in [7, 11) is 0. The predicted octanol–water partition coefficient (Wildman–Crippen LogP) is 3.06. The number of amides is 1. The molecular formula is C20H21N5O2. The fraction of sp³-hybridized carbons (Fsp3) is 0.350. The molecule has 3 aromatic rings. The minimum Gasteiger partial charge on any atom is -0.338 e. The molecule has 4 rings (SSSR count). The van der Waals surface area contributed by atoms with E-state index in [1.54, 1.807) is 23.4 Å². The molecule has 1 amide bonds. The number of nitrogens with zero attached hydrogens (tertiary/aromatic N) is 5. The third kappa shape index (κ3) is 3.45. The smallest absolute Gasteiger partial charge is 0.253 e. The first kappa shape index (κ1) is 17.3. The third-order valence-electron chi connectivity index (χ3n) is 4.72. The molecule has 27 heavy (non-hydrogen) atoms. The standard InChI is InChI=1S/C20H21N5O2/c1-20(2,3)15-7-5-13(6-8-15)19(26)25-11-14(12-25)18-23-17(24-27-18)16-21-9-4-10-22-16/h4-10,14H,11-12H2,1-3H3. The van der Waals surface area contributed by atoms with Crippen molar-refractivity contribution in [1.29, 1.82) is 0 Å². The lowest BCUT2D eigenvalue weighted by molar-refractivity contribution is 0.0569. The van der Waals surface area contributed by atoms with E-state index in [-0.39, 0.29) is 17.2 Å². The average Bonchev–Trinajstić information content (AvgIpc) is 3.10. The van der Waals surface area contributed by atoms with Gasteiger partial charge in [-0.05, 0) is 29.2 Å². The lowest BCUT2D eigenvalue weighted by Gasteiger charge is -2.37. The first-order valence-electron chi connectivity index (χ1n) is 8.92. The molecule has 0 radical (unpaired) electrons. The topological polar surface area (TPSA) is 85.0 Å². The molecular weight excluding hydrogens is 342 g/mol. The highest BCUT2D eigenvalue weighted by atomic mass is 16.5. The highest BCUT2D eigenvalue weighted by molar-refractivity contribution is 5.94. The molecule has 1 aliphatic heterocycles. The van der Waals surface area contributed by atoms with Gasteiger partial charge in [0.15, 0.2) is 0 Å². The van der Waals surface area contributed by atoms with Crippen LogP contribution in [-0.4, -0.2) is 44.0 Å². The first-order chi connectivity index (χ1) is 12.9. The van der Waals surface area contributed by atoms with Crippen molar-refractivity contribution in [3.8, 4) is 11.6 Å². The zero-order chi connectivity index (χ0) is 19.0. The maximum absolute atomic E-state index is 12.6. The molecule has 0 unspecified atom stereocenters. The molecule has 0 spiro atoms. The summed E-state index contributed by atoms with van der Waals surface area (Å²) in [6, 6.07) is 9.57. The molecule has 3 heterocycles. The van der Waals surface area contributed by atoms with Gasteiger partial charge in [0.1, 0.15) is 0 Å². The number of aromatic nitrogens is 4. The van der Waals surface area contributed by atoms with Crippen LogP contribution in [-0.2, 0) is 5.41 Å². The van der Waals surface area contributed by atoms with Crippen LogP contribution < -0.4 is 0 Å². The first-order valence-corrected chi connectivity index (χ1v) is 8.92. The van der Waals surface area contributed by atoms with Gasteiger partial charge in [0.2, 0.25) is 17.5 Å². The number of likely N-dealkylation sites (tertiary alicyclic amines) is 1. The van der Waals surface area contributed by atoms with Gasteiger partial charge in [-0.1, -0.05) is 38.1 Å². The molecule has 2 aromatic heterocycles. The van der Waals surface area contributed by atoms with E-state index in [9.17, 15) is 4.79 Å². The van der Waals surface area contributed by atoms with Crippen molar-refractivity contribution in [1.82, 2.24) is 25.0 Å². The average molecular weight is 363 g/mol. The van der Waals surface area contributed by atoms with Crippen molar-refractivity contribution in [2.24, 2.45) is 0 Å². The van der Waals surface area contributed by atoms with Crippen molar-refractivity contribution in [2.45, 2.75) is 32.1 Å². The zero-order valence-corrected chi connectivity index (χ0v) is 15.6. The summed E-state index contributed by atoms with van der Waals surface area (Å²) in [6.07, 6.45) is 3.26. The fourth-order valence-electron chi connectivity index (χ4n) is 3.00. The Labute approximate surface area is 157 Å². The van der Waals surface area contributed by atoms with Crippen molar-refractivity contribution in [2.75, 3.05) is 13.1 Å². The summed E-state index contributed by atoms with van der Waals surface area (Å²) in [6.45, 7) is 7.60. The third-order valence-corrected chi connectivity index (χ3v) is 4.72. The Balaban J connectivity index is 1.39. The summed E-state index contributed by atoms with van der Waals surface area (Å²) in [5.41, 5.74) is 1.98. The monoisotopic (exact) mass is 363 g/mol. The normalized spacial score (nSPS) is 14.9. The van der Waals surface area contributed by atoms with Crippen LogP contribution in [0.4, 0.5) is 0 Å². The Morgan fingerprint density at radius 3 is 2.37 bits per heavy atom. The van der Waals surface area contributed by atoms with E-state index in [1.807, 2.05) is 24.3 Å². The fourth-order valence-corrected chi connectivity index (χ4v) is 3.00. The molecule has 1 saturated heterocycles. The van der Waals surface area contributed by atoms with Gasteiger partial charge in [-0.25, -0.2) is 9.97 Å². The van der Waals surface area contributed by atoms with Gasteiger partial charge in [-0.3, -0.25) is 4.79 Å². The molecule has 0 saturated carbocycles. The number of hydrogen-bond donors (Lipinski definition) is 0. The number of carbonyl (C=O) groups excluding carboxylic acids is 1. The number of carbonyl (C=O) groups is 1. The molecule has 7 nitrogen and oxygen atoms in total. The Morgan fingerprint density at radius 2 is 1.74 bits per heavy atom. The second kappa shape index (κ2) is 6.57. The molecule has 0 aliphatic carbocycles. The summed E-state index contributed by atoms with van der Waals surface area (Å²) in [5, 5.41) is 3.94. The Kier molecular flexibility index (Phi) is 4.22. The van der Waals surface area contributed by atoms with Crippen molar-refractivity contribution in [3.05, 3.63) is 59.7 Å². The minimum atomic E-state index is 0.0258. The van der Waals surface area contributed by atoms with E-state index in [0.717, 1.165) is 0 Å². The summed E-state index contributed by atoms with van der Waals surface area (Å²) < 4.78 is 5.33.